The highest BCUT2D eigenvalue weighted by atomic mass is 16.5. The number of methoxy groups -OCH3 is 1. The summed E-state index contributed by atoms with van der Waals surface area (Å²) in [4.78, 5) is 2.38. The lowest BCUT2D eigenvalue weighted by molar-refractivity contribution is -0.0389. The van der Waals surface area contributed by atoms with Crippen LogP contribution >= 0.6 is 0 Å². The third kappa shape index (κ3) is 3.16. The molecular formula is C12H28N2O. The lowest BCUT2D eigenvalue weighted by Gasteiger charge is -2.45. The number of nitrogens with two attached hydrogens (primary N) is 1. The molecule has 0 rings (SSSR count). The Morgan fingerprint density at radius 3 is 2.07 bits per heavy atom. The minimum absolute atomic E-state index is 0.0779. The molecule has 0 aliphatic rings. The molecule has 2 atom stereocenters. The van der Waals surface area contributed by atoms with Gasteiger partial charge in [0.25, 0.3) is 0 Å². The van der Waals surface area contributed by atoms with Gasteiger partial charge in [-0.2, -0.15) is 0 Å². The van der Waals surface area contributed by atoms with E-state index in [-0.39, 0.29) is 11.6 Å². The van der Waals surface area contributed by atoms with Gasteiger partial charge in [-0.15, -0.1) is 0 Å². The van der Waals surface area contributed by atoms with Crippen molar-refractivity contribution in [2.75, 3.05) is 20.7 Å². The third-order valence-electron chi connectivity index (χ3n) is 3.94. The van der Waals surface area contributed by atoms with E-state index in [1.165, 1.54) is 0 Å². The van der Waals surface area contributed by atoms with Crippen molar-refractivity contribution < 1.29 is 4.74 Å². The molecule has 2 unspecified atom stereocenters. The van der Waals surface area contributed by atoms with E-state index in [9.17, 15) is 0 Å². The summed E-state index contributed by atoms with van der Waals surface area (Å²) in [6, 6.07) is 0.580. The molecule has 0 aromatic carbocycles. The van der Waals surface area contributed by atoms with Crippen LogP contribution in [0, 0.1) is 0 Å². The molecule has 0 heterocycles. The molecule has 3 heteroatoms. The second-order valence-corrected chi connectivity index (χ2v) is 4.52. The molecule has 2 N–H and O–H groups in total. The van der Waals surface area contributed by atoms with Gasteiger partial charge in [-0.3, -0.25) is 4.90 Å². The summed E-state index contributed by atoms with van der Waals surface area (Å²) in [5.74, 6) is 0. The van der Waals surface area contributed by atoms with E-state index in [0.29, 0.717) is 12.6 Å². The molecule has 0 aliphatic heterocycles. The second-order valence-electron chi connectivity index (χ2n) is 4.52. The molecule has 15 heavy (non-hydrogen) atoms. The minimum atomic E-state index is -0.0779. The quantitative estimate of drug-likeness (QED) is 0.706. The monoisotopic (exact) mass is 216 g/mol. The van der Waals surface area contributed by atoms with Crippen LogP contribution in [0.4, 0.5) is 0 Å². The molecule has 0 aromatic rings. The Kier molecular flexibility index (Phi) is 6.41. The van der Waals surface area contributed by atoms with Crippen molar-refractivity contribution in [1.82, 2.24) is 4.90 Å². The first-order valence-electron chi connectivity index (χ1n) is 5.93. The Morgan fingerprint density at radius 1 is 1.33 bits per heavy atom. The van der Waals surface area contributed by atoms with Crippen LogP contribution in [-0.4, -0.2) is 43.3 Å². The van der Waals surface area contributed by atoms with E-state index in [1.54, 1.807) is 7.11 Å². The predicted octanol–water partition coefficient (Wildman–Crippen LogP) is 1.86. The molecule has 0 saturated carbocycles. The molecule has 0 fully saturated rings. The normalized spacial score (nSPS) is 18.2. The second kappa shape index (κ2) is 6.46. The summed E-state index contributed by atoms with van der Waals surface area (Å²) in [5.41, 5.74) is 5.83. The van der Waals surface area contributed by atoms with Crippen LogP contribution in [0.25, 0.3) is 0 Å². The van der Waals surface area contributed by atoms with Gasteiger partial charge in [-0.25, -0.2) is 0 Å². The Balaban J connectivity index is 4.76. The summed E-state index contributed by atoms with van der Waals surface area (Å²) in [5, 5.41) is 0. The highest BCUT2D eigenvalue weighted by molar-refractivity contribution is 4.93. The van der Waals surface area contributed by atoms with Crippen LogP contribution in [0.2, 0.25) is 0 Å². The van der Waals surface area contributed by atoms with Crippen molar-refractivity contribution >= 4 is 0 Å². The minimum Gasteiger partial charge on any atom is -0.380 e. The molecular weight excluding hydrogens is 188 g/mol. The summed E-state index contributed by atoms with van der Waals surface area (Å²) in [6.07, 6.45) is 2.45. The topological polar surface area (TPSA) is 38.5 Å². The maximum Gasteiger partial charge on any atom is 0.0736 e. The number of nitrogens with zero attached hydrogens (tertiary/aromatic N) is 1. The smallest absolute Gasteiger partial charge is 0.0736 e. The van der Waals surface area contributed by atoms with Gasteiger partial charge in [0.1, 0.15) is 0 Å². The van der Waals surface area contributed by atoms with Crippen molar-refractivity contribution in [2.45, 2.75) is 58.2 Å². The Hall–Kier alpha value is -0.120. The van der Waals surface area contributed by atoms with Gasteiger partial charge in [0, 0.05) is 19.7 Å². The number of ether oxygens (including phenoxy) is 1. The van der Waals surface area contributed by atoms with Crippen LogP contribution in [0.3, 0.4) is 0 Å². The summed E-state index contributed by atoms with van der Waals surface area (Å²) in [7, 11) is 3.90. The van der Waals surface area contributed by atoms with Crippen LogP contribution in [0.1, 0.15) is 40.5 Å². The number of hydrogen-bond donors (Lipinski definition) is 1. The number of likely N-dealkylation sites (N-methyl/N-ethyl adjacent to an activating group) is 1. The summed E-state index contributed by atoms with van der Waals surface area (Å²) < 4.78 is 5.44. The van der Waals surface area contributed by atoms with Gasteiger partial charge in [0.15, 0.2) is 0 Å². The van der Waals surface area contributed by atoms with Crippen LogP contribution in [-0.2, 0) is 4.74 Å². The number of rotatable bonds is 7. The largest absolute Gasteiger partial charge is 0.380 e. The Bertz CT molecular complexity index is 171. The van der Waals surface area contributed by atoms with Gasteiger partial charge in [0.05, 0.1) is 11.6 Å². The van der Waals surface area contributed by atoms with Gasteiger partial charge in [-0.1, -0.05) is 13.8 Å². The van der Waals surface area contributed by atoms with E-state index >= 15 is 0 Å². The average Bonchev–Trinajstić information content (AvgIpc) is 2.28. The zero-order chi connectivity index (χ0) is 12.1. The fourth-order valence-electron chi connectivity index (χ4n) is 2.10. The SMILES string of the molecule is CCC(CC)N(C)C(C)(CN)C(C)OC. The van der Waals surface area contributed by atoms with Gasteiger partial charge >= 0.3 is 0 Å². The van der Waals surface area contributed by atoms with Gasteiger partial charge in [0.2, 0.25) is 0 Å². The van der Waals surface area contributed by atoms with Crippen LogP contribution in [0.15, 0.2) is 0 Å². The molecule has 0 aliphatic carbocycles. The van der Waals surface area contributed by atoms with Crippen LogP contribution in [0.5, 0.6) is 0 Å². The first-order chi connectivity index (χ1) is 6.97. The molecule has 92 valence electrons. The van der Waals surface area contributed by atoms with E-state index in [4.69, 9.17) is 10.5 Å². The fraction of sp³-hybridized carbons (Fsp3) is 1.00. The lowest BCUT2D eigenvalue weighted by atomic mass is 9.91. The van der Waals surface area contributed by atoms with Crippen molar-refractivity contribution in [3.63, 3.8) is 0 Å². The van der Waals surface area contributed by atoms with E-state index in [0.717, 1.165) is 12.8 Å². The summed E-state index contributed by atoms with van der Waals surface area (Å²) >= 11 is 0. The highest BCUT2D eigenvalue weighted by Gasteiger charge is 2.36. The lowest BCUT2D eigenvalue weighted by Crippen LogP contribution is -2.60. The molecule has 0 amide bonds. The fourth-order valence-corrected chi connectivity index (χ4v) is 2.10. The predicted molar refractivity (Wildman–Crippen MR) is 66.1 cm³/mol. The Labute approximate surface area is 95.0 Å². The molecule has 0 aromatic heterocycles. The van der Waals surface area contributed by atoms with E-state index < -0.39 is 0 Å². The highest BCUT2D eigenvalue weighted by Crippen LogP contribution is 2.23. The molecule has 0 spiro atoms. The first kappa shape index (κ1) is 14.9. The van der Waals surface area contributed by atoms with Crippen molar-refractivity contribution in [3.05, 3.63) is 0 Å². The summed E-state index contributed by atoms with van der Waals surface area (Å²) in [6.45, 7) is 9.33. The van der Waals surface area contributed by atoms with Crippen molar-refractivity contribution in [2.24, 2.45) is 5.73 Å². The molecule has 0 saturated heterocycles. The first-order valence-corrected chi connectivity index (χ1v) is 5.93. The Morgan fingerprint density at radius 2 is 1.80 bits per heavy atom. The number of hydrogen-bond acceptors (Lipinski definition) is 3. The van der Waals surface area contributed by atoms with Crippen molar-refractivity contribution in [3.8, 4) is 0 Å². The molecule has 0 radical (unpaired) electrons. The van der Waals surface area contributed by atoms with Crippen molar-refractivity contribution in [1.29, 1.82) is 0 Å². The average molecular weight is 216 g/mol. The zero-order valence-electron chi connectivity index (χ0n) is 11.2. The van der Waals surface area contributed by atoms with E-state index in [1.807, 2.05) is 0 Å². The van der Waals surface area contributed by atoms with Crippen LogP contribution < -0.4 is 5.73 Å². The molecule has 0 bridgehead atoms. The maximum atomic E-state index is 5.91. The standard InChI is InChI=1S/C12H28N2O/c1-7-11(8-2)14(5)12(4,9-13)10(3)15-6/h10-11H,7-9,13H2,1-6H3. The van der Waals surface area contributed by atoms with Gasteiger partial charge in [-0.05, 0) is 33.7 Å². The molecule has 3 nitrogen and oxygen atoms in total. The third-order valence-corrected chi connectivity index (χ3v) is 3.94. The zero-order valence-corrected chi connectivity index (χ0v) is 11.2. The van der Waals surface area contributed by atoms with E-state index in [2.05, 4.69) is 39.6 Å². The maximum absolute atomic E-state index is 5.91. The van der Waals surface area contributed by atoms with Gasteiger partial charge < -0.3 is 10.5 Å².